The number of hydrogen-bond acceptors (Lipinski definition) is 1. The van der Waals surface area contributed by atoms with E-state index >= 15 is 0 Å². The molecule has 0 radical (unpaired) electrons. The van der Waals surface area contributed by atoms with Gasteiger partial charge in [0, 0.05) is 0 Å². The highest BCUT2D eigenvalue weighted by molar-refractivity contribution is 7.92. The molecule has 0 aromatic heterocycles. The first-order valence-corrected chi connectivity index (χ1v) is 5.73. The van der Waals surface area contributed by atoms with E-state index in [-0.39, 0.29) is 5.25 Å². The van der Waals surface area contributed by atoms with Crippen LogP contribution in [-0.2, 0) is 11.2 Å². The molecular formula is C8H14F2OS. The van der Waals surface area contributed by atoms with Gasteiger partial charge in [-0.25, -0.2) is 8.78 Å². The number of rotatable bonds is 3. The van der Waals surface area contributed by atoms with E-state index in [1.54, 1.807) is 0 Å². The third-order valence-corrected chi connectivity index (χ3v) is 4.01. The molecule has 1 atom stereocenters. The van der Waals surface area contributed by atoms with Gasteiger partial charge in [0.2, 0.25) is 0 Å². The van der Waals surface area contributed by atoms with E-state index in [0.717, 1.165) is 25.7 Å². The maximum absolute atomic E-state index is 11.8. The van der Waals surface area contributed by atoms with Gasteiger partial charge < -0.3 is 4.55 Å². The zero-order valence-corrected chi connectivity index (χ0v) is 7.79. The van der Waals surface area contributed by atoms with Crippen LogP contribution in [0.25, 0.3) is 0 Å². The fourth-order valence-electron chi connectivity index (χ4n) is 1.59. The Morgan fingerprint density at radius 3 is 2.33 bits per heavy atom. The standard InChI is InChI=1S/C8H14F2OS/c9-8(10)6-12(11)7-4-2-1-3-5-7/h7-8H,1-6H2. The van der Waals surface area contributed by atoms with Crippen LogP contribution < -0.4 is 0 Å². The second-order valence-electron chi connectivity index (χ2n) is 3.20. The van der Waals surface area contributed by atoms with Crippen LogP contribution in [0.5, 0.6) is 0 Å². The van der Waals surface area contributed by atoms with Gasteiger partial charge >= 0.3 is 0 Å². The normalized spacial score (nSPS) is 23.0. The summed E-state index contributed by atoms with van der Waals surface area (Å²) in [5.41, 5.74) is 0. The summed E-state index contributed by atoms with van der Waals surface area (Å²) in [5, 5.41) is 0.0488. The summed E-state index contributed by atoms with van der Waals surface area (Å²) in [6, 6.07) is 0. The Balaban J connectivity index is 2.24. The van der Waals surface area contributed by atoms with Crippen LogP contribution in [-0.4, -0.2) is 22.0 Å². The van der Waals surface area contributed by atoms with E-state index in [9.17, 15) is 13.3 Å². The second-order valence-corrected chi connectivity index (χ2v) is 4.96. The predicted octanol–water partition coefficient (Wildman–Crippen LogP) is 2.33. The Morgan fingerprint density at radius 1 is 1.25 bits per heavy atom. The molecule has 1 fully saturated rings. The van der Waals surface area contributed by atoms with E-state index in [4.69, 9.17) is 0 Å². The van der Waals surface area contributed by atoms with Crippen molar-refractivity contribution in [3.8, 4) is 0 Å². The molecule has 0 N–H and O–H groups in total. The van der Waals surface area contributed by atoms with Crippen LogP contribution in [0, 0.1) is 0 Å². The van der Waals surface area contributed by atoms with E-state index in [0.29, 0.717) is 0 Å². The van der Waals surface area contributed by atoms with Crippen molar-refractivity contribution in [2.75, 3.05) is 5.75 Å². The molecule has 0 aliphatic heterocycles. The molecule has 1 aliphatic rings. The number of alkyl halides is 2. The molecule has 0 bridgehead atoms. The summed E-state index contributed by atoms with van der Waals surface area (Å²) >= 11 is -1.29. The smallest absolute Gasteiger partial charge is 0.282 e. The van der Waals surface area contributed by atoms with Gasteiger partial charge in [0.05, 0.1) is 0 Å². The summed E-state index contributed by atoms with van der Waals surface area (Å²) in [6.07, 6.45) is 2.62. The van der Waals surface area contributed by atoms with Crippen LogP contribution in [0.3, 0.4) is 0 Å². The highest BCUT2D eigenvalue weighted by atomic mass is 32.2. The SMILES string of the molecule is [O-][S+](CC(F)F)C1CCCCC1. The lowest BCUT2D eigenvalue weighted by molar-refractivity contribution is 0.173. The molecule has 1 aliphatic carbocycles. The minimum Gasteiger partial charge on any atom is -0.616 e. The first-order chi connectivity index (χ1) is 5.70. The highest BCUT2D eigenvalue weighted by Crippen LogP contribution is 2.24. The minimum absolute atomic E-state index is 0.0488. The van der Waals surface area contributed by atoms with Gasteiger partial charge in [-0.2, -0.15) is 0 Å². The van der Waals surface area contributed by atoms with Crippen molar-refractivity contribution in [3.05, 3.63) is 0 Å². The highest BCUT2D eigenvalue weighted by Gasteiger charge is 2.27. The molecule has 0 heterocycles. The molecule has 1 nitrogen and oxygen atoms in total. The lowest BCUT2D eigenvalue weighted by atomic mass is 10.0. The lowest BCUT2D eigenvalue weighted by Crippen LogP contribution is -2.29. The first kappa shape index (κ1) is 10.3. The molecule has 0 amide bonds. The molecule has 0 saturated heterocycles. The van der Waals surface area contributed by atoms with Crippen molar-refractivity contribution in [1.29, 1.82) is 0 Å². The van der Waals surface area contributed by atoms with E-state index in [2.05, 4.69) is 0 Å². The molecule has 0 aromatic rings. The van der Waals surface area contributed by atoms with Crippen molar-refractivity contribution in [2.45, 2.75) is 43.8 Å². The third kappa shape index (κ3) is 3.27. The summed E-state index contributed by atoms with van der Waals surface area (Å²) < 4.78 is 34.9. The third-order valence-electron chi connectivity index (χ3n) is 2.21. The number of halogens is 2. The van der Waals surface area contributed by atoms with Crippen LogP contribution in [0.1, 0.15) is 32.1 Å². The van der Waals surface area contributed by atoms with Crippen molar-refractivity contribution < 1.29 is 13.3 Å². The van der Waals surface area contributed by atoms with Gasteiger partial charge in [0.1, 0.15) is 5.25 Å². The second kappa shape index (κ2) is 5.02. The zero-order valence-electron chi connectivity index (χ0n) is 6.97. The summed E-state index contributed by atoms with van der Waals surface area (Å²) in [7, 11) is 0. The van der Waals surface area contributed by atoms with Crippen LogP contribution in [0.4, 0.5) is 8.78 Å². The van der Waals surface area contributed by atoms with E-state index < -0.39 is 23.4 Å². The van der Waals surface area contributed by atoms with Gasteiger partial charge in [0.15, 0.2) is 5.75 Å². The Kier molecular flexibility index (Phi) is 4.29. The molecule has 0 spiro atoms. The lowest BCUT2D eigenvalue weighted by Gasteiger charge is -2.24. The first-order valence-electron chi connectivity index (χ1n) is 4.35. The molecule has 1 rings (SSSR count). The van der Waals surface area contributed by atoms with Gasteiger partial charge in [-0.1, -0.05) is 6.42 Å². The largest absolute Gasteiger partial charge is 0.616 e. The molecule has 4 heteroatoms. The van der Waals surface area contributed by atoms with Crippen LogP contribution in [0.2, 0.25) is 0 Å². The van der Waals surface area contributed by atoms with Crippen molar-refractivity contribution in [3.63, 3.8) is 0 Å². The summed E-state index contributed by atoms with van der Waals surface area (Å²) in [5.74, 6) is -0.426. The zero-order chi connectivity index (χ0) is 8.97. The van der Waals surface area contributed by atoms with Gasteiger partial charge in [-0.05, 0) is 36.9 Å². The number of hydrogen-bond donors (Lipinski definition) is 0. The monoisotopic (exact) mass is 196 g/mol. The average Bonchev–Trinajstić information content (AvgIpc) is 2.05. The van der Waals surface area contributed by atoms with Gasteiger partial charge in [-0.3, -0.25) is 0 Å². The maximum atomic E-state index is 11.8. The fourth-order valence-corrected chi connectivity index (χ4v) is 2.97. The maximum Gasteiger partial charge on any atom is 0.282 e. The fraction of sp³-hybridized carbons (Fsp3) is 1.00. The predicted molar refractivity (Wildman–Crippen MR) is 45.9 cm³/mol. The average molecular weight is 196 g/mol. The van der Waals surface area contributed by atoms with E-state index in [1.165, 1.54) is 6.42 Å². The Hall–Kier alpha value is 0.170. The topological polar surface area (TPSA) is 23.1 Å². The Bertz CT molecular complexity index is 126. The minimum atomic E-state index is -2.41. The Labute approximate surface area is 74.7 Å². The van der Waals surface area contributed by atoms with Crippen LogP contribution >= 0.6 is 0 Å². The summed E-state index contributed by atoms with van der Waals surface area (Å²) in [4.78, 5) is 0. The quantitative estimate of drug-likeness (QED) is 0.635. The molecule has 1 saturated carbocycles. The van der Waals surface area contributed by atoms with Gasteiger partial charge in [0.25, 0.3) is 6.43 Å². The summed E-state index contributed by atoms with van der Waals surface area (Å²) in [6.45, 7) is 0. The molecule has 1 unspecified atom stereocenters. The molecule has 12 heavy (non-hydrogen) atoms. The molecule has 0 aromatic carbocycles. The van der Waals surface area contributed by atoms with Crippen molar-refractivity contribution >= 4 is 11.2 Å². The van der Waals surface area contributed by atoms with Gasteiger partial charge in [-0.15, -0.1) is 0 Å². The van der Waals surface area contributed by atoms with Crippen molar-refractivity contribution in [2.24, 2.45) is 0 Å². The Morgan fingerprint density at radius 2 is 1.83 bits per heavy atom. The molecular weight excluding hydrogens is 182 g/mol. The van der Waals surface area contributed by atoms with E-state index in [1.807, 2.05) is 0 Å². The van der Waals surface area contributed by atoms with Crippen molar-refractivity contribution in [1.82, 2.24) is 0 Å². The molecule has 72 valence electrons. The van der Waals surface area contributed by atoms with Crippen LogP contribution in [0.15, 0.2) is 0 Å².